The molecule has 0 bridgehead atoms. The van der Waals surface area contributed by atoms with Crippen LogP contribution in [0.1, 0.15) is 13.8 Å². The van der Waals surface area contributed by atoms with Crippen LogP contribution in [-0.4, -0.2) is 11.1 Å². The number of benzene rings is 1. The minimum atomic E-state index is 0.743. The van der Waals surface area contributed by atoms with E-state index < -0.39 is 0 Å². The van der Waals surface area contributed by atoms with Crippen LogP contribution in [0.2, 0.25) is 0 Å². The van der Waals surface area contributed by atoms with Crippen molar-refractivity contribution in [2.45, 2.75) is 18.7 Å². The highest BCUT2D eigenvalue weighted by molar-refractivity contribution is 9.10. The number of thioether (sulfide) groups is 1. The van der Waals surface area contributed by atoms with Crippen molar-refractivity contribution in [1.29, 1.82) is 0 Å². The molecule has 3 heteroatoms. The van der Waals surface area contributed by atoms with Crippen LogP contribution in [0.3, 0.4) is 0 Å². The summed E-state index contributed by atoms with van der Waals surface area (Å²) in [5.41, 5.74) is 0. The number of alkyl halides is 1. The van der Waals surface area contributed by atoms with Crippen LogP contribution in [0.25, 0.3) is 0 Å². The molecule has 0 radical (unpaired) electrons. The second kappa shape index (κ2) is 6.97. The molecule has 0 nitrogen and oxygen atoms in total. The number of hydrogen-bond donors (Lipinski definition) is 0. The molecule has 0 aliphatic carbocycles. The van der Waals surface area contributed by atoms with Crippen LogP contribution in [-0.2, 0) is 0 Å². The van der Waals surface area contributed by atoms with Gasteiger partial charge in [0.05, 0.1) is 0 Å². The van der Waals surface area contributed by atoms with Crippen molar-refractivity contribution < 1.29 is 0 Å². The molecule has 0 N–H and O–H groups in total. The zero-order valence-corrected chi connectivity index (χ0v) is 13.0. The Balaban J connectivity index is 2.45. The monoisotopic (exact) mass is 350 g/mol. The molecule has 0 heterocycles. The molecule has 1 unspecified atom stereocenters. The molecule has 1 aromatic carbocycles. The van der Waals surface area contributed by atoms with E-state index in [1.165, 1.54) is 10.6 Å². The van der Waals surface area contributed by atoms with Gasteiger partial charge in [-0.15, -0.1) is 11.8 Å². The van der Waals surface area contributed by atoms with Gasteiger partial charge in [0.2, 0.25) is 0 Å². The zero-order chi connectivity index (χ0) is 11.3. The molecule has 0 saturated heterocycles. The van der Waals surface area contributed by atoms with Gasteiger partial charge in [-0.3, -0.25) is 0 Å². The lowest BCUT2D eigenvalue weighted by molar-refractivity contribution is 0.474. The van der Waals surface area contributed by atoms with Gasteiger partial charge < -0.3 is 0 Å². The van der Waals surface area contributed by atoms with Crippen LogP contribution < -0.4 is 0 Å². The van der Waals surface area contributed by atoms with Crippen molar-refractivity contribution in [3.8, 4) is 0 Å². The first-order valence-electron chi connectivity index (χ1n) is 5.07. The molecule has 1 aromatic rings. The Labute approximate surface area is 113 Å². The van der Waals surface area contributed by atoms with Gasteiger partial charge in [-0.1, -0.05) is 45.7 Å². The molecule has 1 rings (SSSR count). The molecule has 15 heavy (non-hydrogen) atoms. The largest absolute Gasteiger partial charge is 0.126 e. The van der Waals surface area contributed by atoms with Crippen molar-refractivity contribution in [2.24, 2.45) is 11.8 Å². The first-order valence-corrected chi connectivity index (χ1v) is 7.98. The fourth-order valence-corrected chi connectivity index (χ4v) is 3.93. The molecular weight excluding hydrogens is 336 g/mol. The normalized spacial score (nSPS) is 13.1. The summed E-state index contributed by atoms with van der Waals surface area (Å²) in [5.74, 6) is 2.68. The molecule has 0 aliphatic rings. The smallest absolute Gasteiger partial charge is 0.0176 e. The standard InChI is InChI=1S/C12H16Br2S/c1-9(2)10(7-13)8-15-12-5-3-11(14)4-6-12/h3-6,9-10H,7-8H2,1-2H3. The van der Waals surface area contributed by atoms with Gasteiger partial charge in [-0.05, 0) is 36.1 Å². The van der Waals surface area contributed by atoms with Gasteiger partial charge in [-0.25, -0.2) is 0 Å². The average Bonchev–Trinajstić information content (AvgIpc) is 2.21. The van der Waals surface area contributed by atoms with E-state index in [1.807, 2.05) is 11.8 Å². The fourth-order valence-electron chi connectivity index (χ4n) is 1.15. The molecule has 0 amide bonds. The highest BCUT2D eigenvalue weighted by atomic mass is 79.9. The predicted octanol–water partition coefficient (Wildman–Crippen LogP) is 5.21. The molecule has 84 valence electrons. The van der Waals surface area contributed by atoms with Gasteiger partial charge in [0, 0.05) is 20.5 Å². The van der Waals surface area contributed by atoms with E-state index in [0.29, 0.717) is 0 Å². The second-order valence-electron chi connectivity index (χ2n) is 3.92. The van der Waals surface area contributed by atoms with Crippen molar-refractivity contribution in [3.05, 3.63) is 28.7 Å². The Morgan fingerprint density at radius 2 is 1.80 bits per heavy atom. The second-order valence-corrected chi connectivity index (χ2v) is 6.58. The van der Waals surface area contributed by atoms with Crippen LogP contribution in [0.15, 0.2) is 33.6 Å². The first kappa shape index (κ1) is 13.6. The summed E-state index contributed by atoms with van der Waals surface area (Å²) in [6.45, 7) is 4.57. The lowest BCUT2D eigenvalue weighted by Gasteiger charge is -2.17. The van der Waals surface area contributed by atoms with Gasteiger partial charge in [0.15, 0.2) is 0 Å². The molecule has 0 fully saturated rings. The average molecular weight is 352 g/mol. The SMILES string of the molecule is CC(C)C(CBr)CSc1ccc(Br)cc1. The Kier molecular flexibility index (Phi) is 6.32. The third-order valence-corrected chi connectivity index (χ3v) is 4.98. The van der Waals surface area contributed by atoms with Crippen molar-refractivity contribution in [1.82, 2.24) is 0 Å². The summed E-state index contributed by atoms with van der Waals surface area (Å²) in [6, 6.07) is 8.53. The van der Waals surface area contributed by atoms with Gasteiger partial charge in [-0.2, -0.15) is 0 Å². The number of hydrogen-bond acceptors (Lipinski definition) is 1. The predicted molar refractivity (Wildman–Crippen MR) is 77.0 cm³/mol. The van der Waals surface area contributed by atoms with E-state index in [4.69, 9.17) is 0 Å². The van der Waals surface area contributed by atoms with E-state index in [2.05, 4.69) is 70.0 Å². The van der Waals surface area contributed by atoms with Gasteiger partial charge >= 0.3 is 0 Å². The van der Waals surface area contributed by atoms with E-state index in [0.717, 1.165) is 21.6 Å². The van der Waals surface area contributed by atoms with Crippen LogP contribution >= 0.6 is 43.6 Å². The zero-order valence-electron chi connectivity index (χ0n) is 9.04. The lowest BCUT2D eigenvalue weighted by atomic mass is 10.0. The van der Waals surface area contributed by atoms with Gasteiger partial charge in [0.1, 0.15) is 0 Å². The van der Waals surface area contributed by atoms with Crippen molar-refractivity contribution >= 4 is 43.6 Å². The maximum absolute atomic E-state index is 3.58. The quantitative estimate of drug-likeness (QED) is 0.518. The summed E-state index contributed by atoms with van der Waals surface area (Å²) >= 11 is 8.97. The van der Waals surface area contributed by atoms with Crippen molar-refractivity contribution in [2.75, 3.05) is 11.1 Å². The summed E-state index contributed by atoms with van der Waals surface area (Å²) in [6.07, 6.45) is 0. The fraction of sp³-hybridized carbons (Fsp3) is 0.500. The molecular formula is C12H16Br2S. The Morgan fingerprint density at radius 1 is 1.20 bits per heavy atom. The maximum atomic E-state index is 3.58. The highest BCUT2D eigenvalue weighted by Gasteiger charge is 2.11. The Hall–Kier alpha value is 0.530. The van der Waals surface area contributed by atoms with E-state index in [-0.39, 0.29) is 0 Å². The summed E-state index contributed by atoms with van der Waals surface area (Å²) in [5, 5.41) is 1.09. The third-order valence-electron chi connectivity index (χ3n) is 2.42. The third kappa shape index (κ3) is 4.92. The first-order chi connectivity index (χ1) is 7.13. The van der Waals surface area contributed by atoms with Crippen LogP contribution in [0.4, 0.5) is 0 Å². The molecule has 0 saturated carbocycles. The summed E-state index contributed by atoms with van der Waals surface area (Å²) < 4.78 is 1.15. The summed E-state index contributed by atoms with van der Waals surface area (Å²) in [7, 11) is 0. The Morgan fingerprint density at radius 3 is 2.27 bits per heavy atom. The van der Waals surface area contributed by atoms with Gasteiger partial charge in [0.25, 0.3) is 0 Å². The number of rotatable bonds is 5. The maximum Gasteiger partial charge on any atom is 0.0176 e. The molecule has 1 atom stereocenters. The minimum absolute atomic E-state index is 0.743. The lowest BCUT2D eigenvalue weighted by Crippen LogP contribution is -2.12. The van der Waals surface area contributed by atoms with E-state index in [9.17, 15) is 0 Å². The minimum Gasteiger partial charge on any atom is -0.126 e. The Bertz CT molecular complexity index is 282. The highest BCUT2D eigenvalue weighted by Crippen LogP contribution is 2.26. The van der Waals surface area contributed by atoms with Crippen molar-refractivity contribution in [3.63, 3.8) is 0 Å². The van der Waals surface area contributed by atoms with E-state index in [1.54, 1.807) is 0 Å². The van der Waals surface area contributed by atoms with Crippen LogP contribution in [0.5, 0.6) is 0 Å². The topological polar surface area (TPSA) is 0 Å². The molecule has 0 aromatic heterocycles. The summed E-state index contributed by atoms with van der Waals surface area (Å²) in [4.78, 5) is 1.35. The molecule has 0 aliphatic heterocycles. The van der Waals surface area contributed by atoms with Crippen LogP contribution in [0, 0.1) is 11.8 Å². The number of halogens is 2. The molecule has 0 spiro atoms. The van der Waals surface area contributed by atoms with E-state index >= 15 is 0 Å².